The number of rotatable bonds is 5. The normalized spacial score (nSPS) is 11.7. The number of hydrogen-bond donors (Lipinski definition) is 2. The standard InChI is InChI=1S/C16H19NOS.ClH/c1-12(17-2)11-13-5-3-4-6-16(13)19-15-9-7-14(18)8-10-15;/h3-10,12,17-18H,11H2,1-2H3;1H. The molecule has 20 heavy (non-hydrogen) atoms. The Kier molecular flexibility index (Phi) is 6.93. The Balaban J connectivity index is 0.00000200. The summed E-state index contributed by atoms with van der Waals surface area (Å²) in [5.74, 6) is 0.307. The molecule has 0 spiro atoms. The van der Waals surface area contributed by atoms with E-state index >= 15 is 0 Å². The highest BCUT2D eigenvalue weighted by Crippen LogP contribution is 2.31. The lowest BCUT2D eigenvalue weighted by Gasteiger charge is -2.13. The molecule has 1 atom stereocenters. The van der Waals surface area contributed by atoms with E-state index in [-0.39, 0.29) is 12.4 Å². The van der Waals surface area contributed by atoms with Crippen LogP contribution in [0.3, 0.4) is 0 Å². The minimum Gasteiger partial charge on any atom is -0.508 e. The number of phenolic OH excluding ortho intramolecular Hbond substituents is 1. The Labute approximate surface area is 131 Å². The van der Waals surface area contributed by atoms with Gasteiger partial charge in [-0.25, -0.2) is 0 Å². The summed E-state index contributed by atoms with van der Waals surface area (Å²) >= 11 is 1.74. The SMILES string of the molecule is CNC(C)Cc1ccccc1Sc1ccc(O)cc1.Cl. The monoisotopic (exact) mass is 309 g/mol. The maximum atomic E-state index is 9.31. The van der Waals surface area contributed by atoms with Crippen LogP contribution >= 0.6 is 24.2 Å². The lowest BCUT2D eigenvalue weighted by molar-refractivity contribution is 0.475. The van der Waals surface area contributed by atoms with Gasteiger partial charge in [-0.2, -0.15) is 0 Å². The summed E-state index contributed by atoms with van der Waals surface area (Å²) in [6.45, 7) is 2.18. The Bertz CT molecular complexity index is 530. The number of nitrogens with one attached hydrogen (secondary N) is 1. The Hall–Kier alpha value is -1.16. The van der Waals surface area contributed by atoms with E-state index in [9.17, 15) is 5.11 Å². The van der Waals surface area contributed by atoms with Gasteiger partial charge in [0.15, 0.2) is 0 Å². The minimum absolute atomic E-state index is 0. The average molecular weight is 310 g/mol. The van der Waals surface area contributed by atoms with Crippen molar-refractivity contribution in [3.8, 4) is 5.75 Å². The van der Waals surface area contributed by atoms with Gasteiger partial charge in [0.1, 0.15) is 5.75 Å². The van der Waals surface area contributed by atoms with Gasteiger partial charge in [0.2, 0.25) is 0 Å². The van der Waals surface area contributed by atoms with Gasteiger partial charge in [-0.3, -0.25) is 0 Å². The van der Waals surface area contributed by atoms with Crippen molar-refractivity contribution in [1.82, 2.24) is 5.32 Å². The summed E-state index contributed by atoms with van der Waals surface area (Å²) in [7, 11) is 1.99. The molecule has 0 aromatic heterocycles. The molecule has 0 heterocycles. The third-order valence-corrected chi connectivity index (χ3v) is 4.18. The molecule has 0 radical (unpaired) electrons. The molecule has 2 aromatic carbocycles. The highest BCUT2D eigenvalue weighted by atomic mass is 35.5. The summed E-state index contributed by atoms with van der Waals surface area (Å²) in [5, 5.41) is 12.6. The zero-order valence-corrected chi connectivity index (χ0v) is 13.3. The largest absolute Gasteiger partial charge is 0.508 e. The number of likely N-dealkylation sites (N-methyl/N-ethyl adjacent to an activating group) is 1. The minimum atomic E-state index is 0. The predicted molar refractivity (Wildman–Crippen MR) is 88.1 cm³/mol. The van der Waals surface area contributed by atoms with Crippen molar-refractivity contribution >= 4 is 24.2 Å². The van der Waals surface area contributed by atoms with Gasteiger partial charge in [0.05, 0.1) is 0 Å². The smallest absolute Gasteiger partial charge is 0.115 e. The van der Waals surface area contributed by atoms with Crippen molar-refractivity contribution in [2.45, 2.75) is 29.2 Å². The molecule has 0 aliphatic carbocycles. The van der Waals surface area contributed by atoms with Crippen LogP contribution in [-0.2, 0) is 6.42 Å². The summed E-state index contributed by atoms with van der Waals surface area (Å²) in [6.07, 6.45) is 1.01. The number of hydrogen-bond acceptors (Lipinski definition) is 3. The zero-order valence-electron chi connectivity index (χ0n) is 11.7. The molecule has 0 aliphatic rings. The van der Waals surface area contributed by atoms with E-state index in [1.165, 1.54) is 10.5 Å². The molecule has 0 fully saturated rings. The quantitative estimate of drug-likeness (QED) is 0.871. The van der Waals surface area contributed by atoms with Crippen LogP contribution in [0.25, 0.3) is 0 Å². The third-order valence-electron chi connectivity index (χ3n) is 3.06. The molecule has 1 unspecified atom stereocenters. The maximum absolute atomic E-state index is 9.31. The Morgan fingerprint density at radius 2 is 1.75 bits per heavy atom. The summed E-state index contributed by atoms with van der Waals surface area (Å²) in [6, 6.07) is 16.3. The summed E-state index contributed by atoms with van der Waals surface area (Å²) in [4.78, 5) is 2.41. The second-order valence-corrected chi connectivity index (χ2v) is 5.71. The molecular formula is C16H20ClNOS. The molecule has 0 aliphatic heterocycles. The van der Waals surface area contributed by atoms with Crippen molar-refractivity contribution in [2.24, 2.45) is 0 Å². The van der Waals surface area contributed by atoms with Crippen molar-refractivity contribution in [2.75, 3.05) is 7.05 Å². The molecule has 0 amide bonds. The van der Waals surface area contributed by atoms with Gasteiger partial charge in [0.25, 0.3) is 0 Å². The van der Waals surface area contributed by atoms with E-state index in [0.29, 0.717) is 11.8 Å². The first kappa shape index (κ1) is 16.9. The van der Waals surface area contributed by atoms with Crippen LogP contribution < -0.4 is 5.32 Å². The van der Waals surface area contributed by atoms with E-state index in [0.717, 1.165) is 11.3 Å². The Morgan fingerprint density at radius 1 is 1.10 bits per heavy atom. The average Bonchev–Trinajstić information content (AvgIpc) is 2.43. The summed E-state index contributed by atoms with van der Waals surface area (Å²) in [5.41, 5.74) is 1.35. The molecule has 108 valence electrons. The molecule has 2 rings (SSSR count). The van der Waals surface area contributed by atoms with Crippen LogP contribution in [0.15, 0.2) is 58.3 Å². The van der Waals surface area contributed by atoms with Crippen LogP contribution in [0.1, 0.15) is 12.5 Å². The lowest BCUT2D eigenvalue weighted by Crippen LogP contribution is -2.23. The van der Waals surface area contributed by atoms with Crippen LogP contribution in [0.2, 0.25) is 0 Å². The van der Waals surface area contributed by atoms with Gasteiger partial charge in [-0.1, -0.05) is 30.0 Å². The molecular weight excluding hydrogens is 290 g/mol. The van der Waals surface area contributed by atoms with Crippen LogP contribution in [-0.4, -0.2) is 18.2 Å². The van der Waals surface area contributed by atoms with Crippen molar-refractivity contribution in [3.63, 3.8) is 0 Å². The lowest BCUT2D eigenvalue weighted by atomic mass is 10.1. The van der Waals surface area contributed by atoms with Gasteiger partial charge in [0, 0.05) is 15.8 Å². The van der Waals surface area contributed by atoms with Gasteiger partial charge >= 0.3 is 0 Å². The highest BCUT2D eigenvalue weighted by Gasteiger charge is 2.07. The molecule has 0 saturated carbocycles. The van der Waals surface area contributed by atoms with Crippen molar-refractivity contribution < 1.29 is 5.11 Å². The molecule has 4 heteroatoms. The molecule has 2 aromatic rings. The topological polar surface area (TPSA) is 32.3 Å². The maximum Gasteiger partial charge on any atom is 0.115 e. The number of phenols is 1. The number of halogens is 1. The second-order valence-electron chi connectivity index (χ2n) is 4.60. The third kappa shape index (κ3) is 4.75. The van der Waals surface area contributed by atoms with Crippen molar-refractivity contribution in [1.29, 1.82) is 0 Å². The number of benzene rings is 2. The molecule has 2 N–H and O–H groups in total. The fraction of sp³-hybridized carbons (Fsp3) is 0.250. The number of aromatic hydroxyl groups is 1. The van der Waals surface area contributed by atoms with E-state index < -0.39 is 0 Å². The van der Waals surface area contributed by atoms with E-state index in [1.54, 1.807) is 23.9 Å². The highest BCUT2D eigenvalue weighted by molar-refractivity contribution is 7.99. The summed E-state index contributed by atoms with van der Waals surface area (Å²) < 4.78 is 0. The van der Waals surface area contributed by atoms with Crippen LogP contribution in [0.5, 0.6) is 5.75 Å². The first-order valence-electron chi connectivity index (χ1n) is 6.41. The first-order chi connectivity index (χ1) is 9.19. The predicted octanol–water partition coefficient (Wildman–Crippen LogP) is 4.12. The second kappa shape index (κ2) is 8.20. The van der Waals surface area contributed by atoms with E-state index in [4.69, 9.17) is 0 Å². The van der Waals surface area contributed by atoms with Crippen LogP contribution in [0.4, 0.5) is 0 Å². The van der Waals surface area contributed by atoms with Crippen LogP contribution in [0, 0.1) is 0 Å². The van der Waals surface area contributed by atoms with E-state index in [1.807, 2.05) is 19.2 Å². The van der Waals surface area contributed by atoms with Gasteiger partial charge in [-0.15, -0.1) is 12.4 Å². The van der Waals surface area contributed by atoms with Gasteiger partial charge in [-0.05, 0) is 56.3 Å². The fourth-order valence-corrected chi connectivity index (χ4v) is 2.80. The van der Waals surface area contributed by atoms with Crippen molar-refractivity contribution in [3.05, 3.63) is 54.1 Å². The van der Waals surface area contributed by atoms with Gasteiger partial charge < -0.3 is 10.4 Å². The molecule has 0 bridgehead atoms. The molecule has 2 nitrogen and oxygen atoms in total. The zero-order chi connectivity index (χ0) is 13.7. The fourth-order valence-electron chi connectivity index (χ4n) is 1.85. The Morgan fingerprint density at radius 3 is 2.40 bits per heavy atom. The van der Waals surface area contributed by atoms with E-state index in [2.05, 4.69) is 36.5 Å². The molecule has 0 saturated heterocycles. The first-order valence-corrected chi connectivity index (χ1v) is 7.22.